The van der Waals surface area contributed by atoms with Crippen LogP contribution in [0.3, 0.4) is 0 Å². The van der Waals surface area contributed by atoms with Gasteiger partial charge in [0, 0.05) is 0 Å². The second kappa shape index (κ2) is 7.04. The quantitative estimate of drug-likeness (QED) is 0.627. The summed E-state index contributed by atoms with van der Waals surface area (Å²) < 4.78 is 10.6. The molecule has 1 aromatic carbocycles. The fourth-order valence-electron chi connectivity index (χ4n) is 1.72. The average molecular weight is 307 g/mol. The molecule has 0 bridgehead atoms. The monoisotopic (exact) mass is 306 g/mol. The van der Waals surface area contributed by atoms with E-state index in [0.29, 0.717) is 5.82 Å². The number of aromatic nitrogens is 2. The minimum atomic E-state index is -0.576. The molecule has 1 heterocycles. The normalized spacial score (nSPS) is 10.2. The maximum atomic E-state index is 11.9. The molecular formula is C15H15ClN2O3. The van der Waals surface area contributed by atoms with E-state index in [4.69, 9.17) is 21.1 Å². The molecule has 2 aromatic rings. The number of rotatable bonds is 5. The molecule has 0 aliphatic rings. The standard InChI is InChI=1S/C15H15ClN2O3/c1-3-20-15(19)12-13(14(16)18-10(2)17-12)21-9-11-7-5-4-6-8-11/h4-8H,3,9H2,1-2H3. The largest absolute Gasteiger partial charge is 0.483 e. The van der Waals surface area contributed by atoms with E-state index in [1.165, 1.54) is 0 Å². The van der Waals surface area contributed by atoms with Crippen molar-refractivity contribution in [1.29, 1.82) is 0 Å². The van der Waals surface area contributed by atoms with Crippen LogP contribution in [0.15, 0.2) is 30.3 Å². The van der Waals surface area contributed by atoms with E-state index in [1.54, 1.807) is 13.8 Å². The molecule has 1 aromatic heterocycles. The first-order valence-corrected chi connectivity index (χ1v) is 6.87. The Morgan fingerprint density at radius 2 is 1.95 bits per heavy atom. The van der Waals surface area contributed by atoms with Gasteiger partial charge >= 0.3 is 5.97 Å². The van der Waals surface area contributed by atoms with Gasteiger partial charge in [-0.1, -0.05) is 41.9 Å². The highest BCUT2D eigenvalue weighted by Gasteiger charge is 2.21. The van der Waals surface area contributed by atoms with Crippen LogP contribution < -0.4 is 4.74 Å². The number of hydrogen-bond acceptors (Lipinski definition) is 5. The lowest BCUT2D eigenvalue weighted by Gasteiger charge is -2.12. The summed E-state index contributed by atoms with van der Waals surface area (Å²) in [4.78, 5) is 20.0. The molecule has 21 heavy (non-hydrogen) atoms. The van der Waals surface area contributed by atoms with Gasteiger partial charge in [-0.3, -0.25) is 0 Å². The Kier molecular flexibility index (Phi) is 5.11. The highest BCUT2D eigenvalue weighted by atomic mass is 35.5. The molecule has 0 aliphatic carbocycles. The molecule has 0 saturated heterocycles. The van der Waals surface area contributed by atoms with E-state index in [1.807, 2.05) is 30.3 Å². The van der Waals surface area contributed by atoms with Crippen molar-refractivity contribution < 1.29 is 14.3 Å². The van der Waals surface area contributed by atoms with Crippen molar-refractivity contribution in [3.63, 3.8) is 0 Å². The van der Waals surface area contributed by atoms with Crippen LogP contribution in [0, 0.1) is 6.92 Å². The Morgan fingerprint density at radius 3 is 2.62 bits per heavy atom. The van der Waals surface area contributed by atoms with E-state index in [-0.39, 0.29) is 29.8 Å². The second-order valence-corrected chi connectivity index (χ2v) is 4.59. The van der Waals surface area contributed by atoms with Crippen molar-refractivity contribution in [2.24, 2.45) is 0 Å². The number of nitrogens with zero attached hydrogens (tertiary/aromatic N) is 2. The van der Waals surface area contributed by atoms with Crippen molar-refractivity contribution in [3.8, 4) is 5.75 Å². The molecule has 0 aliphatic heterocycles. The zero-order valence-electron chi connectivity index (χ0n) is 11.8. The smallest absolute Gasteiger partial charge is 0.361 e. The van der Waals surface area contributed by atoms with Gasteiger partial charge in [-0.2, -0.15) is 0 Å². The number of carbonyl (C=O) groups excluding carboxylic acids is 1. The van der Waals surface area contributed by atoms with Gasteiger partial charge in [0.05, 0.1) is 6.61 Å². The number of carbonyl (C=O) groups is 1. The Bertz CT molecular complexity index is 632. The van der Waals surface area contributed by atoms with Crippen LogP contribution >= 0.6 is 11.6 Å². The average Bonchev–Trinajstić information content (AvgIpc) is 2.47. The van der Waals surface area contributed by atoms with Gasteiger partial charge in [0.15, 0.2) is 16.6 Å². The van der Waals surface area contributed by atoms with Gasteiger partial charge in [-0.05, 0) is 19.4 Å². The Balaban J connectivity index is 2.26. The zero-order chi connectivity index (χ0) is 15.2. The first kappa shape index (κ1) is 15.3. The van der Waals surface area contributed by atoms with E-state index < -0.39 is 5.97 Å². The molecular weight excluding hydrogens is 292 g/mol. The third-order valence-corrected chi connectivity index (χ3v) is 2.89. The maximum absolute atomic E-state index is 11.9. The highest BCUT2D eigenvalue weighted by Crippen LogP contribution is 2.27. The molecule has 6 heteroatoms. The Labute approximate surface area is 127 Å². The second-order valence-electron chi connectivity index (χ2n) is 4.23. The van der Waals surface area contributed by atoms with Crippen molar-refractivity contribution in [3.05, 3.63) is 52.6 Å². The molecule has 2 rings (SSSR count). The first-order valence-electron chi connectivity index (χ1n) is 6.49. The predicted octanol–water partition coefficient (Wildman–Crippen LogP) is 3.19. The number of aryl methyl sites for hydroxylation is 1. The fourth-order valence-corrected chi connectivity index (χ4v) is 1.99. The number of ether oxygens (including phenoxy) is 2. The van der Waals surface area contributed by atoms with Crippen molar-refractivity contribution in [2.45, 2.75) is 20.5 Å². The highest BCUT2D eigenvalue weighted by molar-refractivity contribution is 6.31. The van der Waals surface area contributed by atoms with Crippen LogP contribution in [-0.2, 0) is 11.3 Å². The summed E-state index contributed by atoms with van der Waals surface area (Å²) in [5.41, 5.74) is 0.995. The van der Waals surface area contributed by atoms with Gasteiger partial charge in [-0.25, -0.2) is 14.8 Å². The number of benzene rings is 1. The SMILES string of the molecule is CCOC(=O)c1nc(C)nc(Cl)c1OCc1ccccc1. The summed E-state index contributed by atoms with van der Waals surface area (Å²) in [6.45, 7) is 3.88. The fraction of sp³-hybridized carbons (Fsp3) is 0.267. The van der Waals surface area contributed by atoms with Crippen LogP contribution in [0.25, 0.3) is 0 Å². The molecule has 0 atom stereocenters. The molecule has 5 nitrogen and oxygen atoms in total. The topological polar surface area (TPSA) is 61.3 Å². The lowest BCUT2D eigenvalue weighted by atomic mass is 10.2. The van der Waals surface area contributed by atoms with Crippen LogP contribution in [0.4, 0.5) is 0 Å². The predicted molar refractivity (Wildman–Crippen MR) is 78.5 cm³/mol. The van der Waals surface area contributed by atoms with Gasteiger partial charge < -0.3 is 9.47 Å². The molecule has 0 amide bonds. The summed E-state index contributed by atoms with van der Waals surface area (Å²) in [5.74, 6) is -0.0485. The summed E-state index contributed by atoms with van der Waals surface area (Å²) in [7, 11) is 0. The Hall–Kier alpha value is -2.14. The molecule has 0 unspecified atom stereocenters. The van der Waals surface area contributed by atoms with Gasteiger partial charge in [0.2, 0.25) is 0 Å². The molecule has 0 radical (unpaired) electrons. The summed E-state index contributed by atoms with van der Waals surface area (Å²) in [5, 5.41) is 0.0986. The first-order chi connectivity index (χ1) is 10.1. The molecule has 110 valence electrons. The third-order valence-electron chi connectivity index (χ3n) is 2.63. The van der Waals surface area contributed by atoms with Crippen molar-refractivity contribution >= 4 is 17.6 Å². The lowest BCUT2D eigenvalue weighted by Crippen LogP contribution is -2.12. The number of hydrogen-bond donors (Lipinski definition) is 0. The van der Waals surface area contributed by atoms with Crippen molar-refractivity contribution in [1.82, 2.24) is 9.97 Å². The van der Waals surface area contributed by atoms with E-state index >= 15 is 0 Å². The van der Waals surface area contributed by atoms with E-state index in [9.17, 15) is 4.79 Å². The number of halogens is 1. The summed E-state index contributed by atoms with van der Waals surface area (Å²) >= 11 is 6.06. The minimum absolute atomic E-state index is 0.0466. The van der Waals surface area contributed by atoms with E-state index in [0.717, 1.165) is 5.56 Å². The van der Waals surface area contributed by atoms with Gasteiger partial charge in [0.25, 0.3) is 0 Å². The van der Waals surface area contributed by atoms with Gasteiger partial charge in [-0.15, -0.1) is 0 Å². The van der Waals surface area contributed by atoms with Gasteiger partial charge in [0.1, 0.15) is 12.4 Å². The minimum Gasteiger partial charge on any atom is -0.483 e. The summed E-state index contributed by atoms with van der Waals surface area (Å²) in [6.07, 6.45) is 0. The van der Waals surface area contributed by atoms with Crippen LogP contribution in [0.2, 0.25) is 5.15 Å². The summed E-state index contributed by atoms with van der Waals surface area (Å²) in [6, 6.07) is 9.53. The van der Waals surface area contributed by atoms with Crippen molar-refractivity contribution in [2.75, 3.05) is 6.61 Å². The zero-order valence-corrected chi connectivity index (χ0v) is 12.6. The Morgan fingerprint density at radius 1 is 1.24 bits per heavy atom. The lowest BCUT2D eigenvalue weighted by molar-refractivity contribution is 0.0513. The van der Waals surface area contributed by atoms with Crippen LogP contribution in [0.1, 0.15) is 28.8 Å². The van der Waals surface area contributed by atoms with Crippen LogP contribution in [-0.4, -0.2) is 22.5 Å². The third kappa shape index (κ3) is 3.92. The molecule has 0 fully saturated rings. The van der Waals surface area contributed by atoms with Crippen LogP contribution in [0.5, 0.6) is 5.75 Å². The molecule has 0 saturated carbocycles. The maximum Gasteiger partial charge on any atom is 0.361 e. The number of esters is 1. The van der Waals surface area contributed by atoms with E-state index in [2.05, 4.69) is 9.97 Å². The molecule has 0 spiro atoms. The molecule has 0 N–H and O–H groups in total.